The molecule has 0 bridgehead atoms. The van der Waals surface area contributed by atoms with Crippen molar-refractivity contribution in [1.29, 1.82) is 0 Å². The van der Waals surface area contributed by atoms with Gasteiger partial charge in [-0.3, -0.25) is 9.69 Å². The molecule has 0 fully saturated rings. The Labute approximate surface area is 181 Å². The topological polar surface area (TPSA) is 36.1 Å². The first kappa shape index (κ1) is 20.4. The summed E-state index contributed by atoms with van der Waals surface area (Å²) in [6.45, 7) is 6.03. The smallest absolute Gasteiger partial charge is 0.194 e. The fourth-order valence-corrected chi connectivity index (χ4v) is 4.05. The Hall–Kier alpha value is -2.88. The standard InChI is InChI=1S/C26H25ClN2O/c1-18-24(27)14-13-22-25(18)28-19(2)23(26(22)30)17-29(15-20-9-5-3-6-10-20)16-21-11-7-4-8-12-21/h3-14H,15-17H2,1-2H3,(H,28,30). The van der Waals surface area contributed by atoms with Gasteiger partial charge in [0.25, 0.3) is 0 Å². The molecule has 0 spiro atoms. The summed E-state index contributed by atoms with van der Waals surface area (Å²) in [5, 5.41) is 1.36. The molecule has 0 saturated heterocycles. The minimum absolute atomic E-state index is 0.0761. The highest BCUT2D eigenvalue weighted by Crippen LogP contribution is 2.24. The summed E-state index contributed by atoms with van der Waals surface area (Å²) < 4.78 is 0. The summed E-state index contributed by atoms with van der Waals surface area (Å²) in [6, 6.07) is 24.4. The van der Waals surface area contributed by atoms with Gasteiger partial charge in [0, 0.05) is 41.3 Å². The first-order valence-corrected chi connectivity index (χ1v) is 10.5. The molecule has 1 N–H and O–H groups in total. The number of H-pyrrole nitrogens is 1. The Kier molecular flexibility index (Phi) is 6.03. The zero-order valence-electron chi connectivity index (χ0n) is 17.3. The number of pyridine rings is 1. The average molecular weight is 417 g/mol. The number of aromatic nitrogens is 1. The molecular weight excluding hydrogens is 392 g/mol. The molecule has 4 heteroatoms. The number of aryl methyl sites for hydroxylation is 2. The lowest BCUT2D eigenvalue weighted by atomic mass is 10.0. The fourth-order valence-electron chi connectivity index (χ4n) is 3.90. The number of nitrogens with one attached hydrogen (secondary N) is 1. The molecule has 0 atom stereocenters. The van der Waals surface area contributed by atoms with Crippen molar-refractivity contribution in [2.24, 2.45) is 0 Å². The number of hydrogen-bond acceptors (Lipinski definition) is 2. The average Bonchev–Trinajstić information content (AvgIpc) is 2.75. The lowest BCUT2D eigenvalue weighted by Crippen LogP contribution is -2.27. The van der Waals surface area contributed by atoms with Crippen molar-refractivity contribution in [2.45, 2.75) is 33.5 Å². The van der Waals surface area contributed by atoms with E-state index < -0.39 is 0 Å². The molecule has 1 heterocycles. The zero-order chi connectivity index (χ0) is 21.1. The molecule has 1 aromatic heterocycles. The molecule has 0 aliphatic heterocycles. The predicted molar refractivity (Wildman–Crippen MR) is 125 cm³/mol. The van der Waals surface area contributed by atoms with Gasteiger partial charge in [0.05, 0.1) is 5.52 Å². The molecule has 4 aromatic rings. The van der Waals surface area contributed by atoms with Gasteiger partial charge >= 0.3 is 0 Å². The van der Waals surface area contributed by atoms with Crippen molar-refractivity contribution in [3.05, 3.63) is 116 Å². The SMILES string of the molecule is Cc1[nH]c2c(C)c(Cl)ccc2c(=O)c1CN(Cc1ccccc1)Cc1ccccc1. The van der Waals surface area contributed by atoms with Crippen LogP contribution in [0.3, 0.4) is 0 Å². The summed E-state index contributed by atoms with van der Waals surface area (Å²) in [4.78, 5) is 19.1. The zero-order valence-corrected chi connectivity index (χ0v) is 18.0. The number of fused-ring (bicyclic) bond motifs is 1. The van der Waals surface area contributed by atoms with Gasteiger partial charge in [-0.25, -0.2) is 0 Å². The van der Waals surface area contributed by atoms with Crippen LogP contribution in [0.1, 0.15) is 27.9 Å². The molecule has 30 heavy (non-hydrogen) atoms. The third-order valence-corrected chi connectivity index (χ3v) is 5.97. The maximum Gasteiger partial charge on any atom is 0.194 e. The van der Waals surface area contributed by atoms with Gasteiger partial charge in [-0.2, -0.15) is 0 Å². The molecule has 0 radical (unpaired) electrons. The van der Waals surface area contributed by atoms with Crippen LogP contribution >= 0.6 is 11.6 Å². The highest BCUT2D eigenvalue weighted by Gasteiger charge is 2.16. The minimum Gasteiger partial charge on any atom is -0.358 e. The highest BCUT2D eigenvalue weighted by molar-refractivity contribution is 6.32. The van der Waals surface area contributed by atoms with E-state index in [2.05, 4.69) is 58.4 Å². The minimum atomic E-state index is 0.0761. The molecule has 4 rings (SSSR count). The van der Waals surface area contributed by atoms with Crippen molar-refractivity contribution in [3.63, 3.8) is 0 Å². The second kappa shape index (κ2) is 8.86. The van der Waals surface area contributed by atoms with Gasteiger partial charge in [-0.15, -0.1) is 0 Å². The molecule has 152 valence electrons. The second-order valence-electron chi connectivity index (χ2n) is 7.77. The Morgan fingerprint density at radius 3 is 1.93 bits per heavy atom. The number of hydrogen-bond donors (Lipinski definition) is 1. The lowest BCUT2D eigenvalue weighted by molar-refractivity contribution is 0.246. The van der Waals surface area contributed by atoms with Crippen LogP contribution in [0.4, 0.5) is 0 Å². The van der Waals surface area contributed by atoms with E-state index in [-0.39, 0.29) is 5.43 Å². The summed E-state index contributed by atoms with van der Waals surface area (Å²) in [5.41, 5.74) is 5.96. The summed E-state index contributed by atoms with van der Waals surface area (Å²) >= 11 is 6.27. The first-order valence-electron chi connectivity index (χ1n) is 10.1. The summed E-state index contributed by atoms with van der Waals surface area (Å²) in [6.07, 6.45) is 0. The van der Waals surface area contributed by atoms with Gasteiger partial charge in [-0.05, 0) is 42.7 Å². The van der Waals surface area contributed by atoms with Gasteiger partial charge < -0.3 is 4.98 Å². The van der Waals surface area contributed by atoms with Crippen LogP contribution in [-0.4, -0.2) is 9.88 Å². The monoisotopic (exact) mass is 416 g/mol. The van der Waals surface area contributed by atoms with Crippen LogP contribution < -0.4 is 5.43 Å². The number of halogens is 1. The maximum absolute atomic E-state index is 13.4. The van der Waals surface area contributed by atoms with E-state index in [1.54, 1.807) is 6.07 Å². The van der Waals surface area contributed by atoms with E-state index in [0.717, 1.165) is 35.4 Å². The molecule has 0 unspecified atom stereocenters. The predicted octanol–water partition coefficient (Wildman–Crippen LogP) is 6.00. The Bertz CT molecular complexity index is 1180. The fraction of sp³-hybridized carbons (Fsp3) is 0.192. The van der Waals surface area contributed by atoms with Crippen LogP contribution in [0.15, 0.2) is 77.6 Å². The molecular formula is C26H25ClN2O. The molecule has 0 aliphatic carbocycles. The lowest BCUT2D eigenvalue weighted by Gasteiger charge is -2.24. The van der Waals surface area contributed by atoms with Crippen molar-refractivity contribution in [3.8, 4) is 0 Å². The van der Waals surface area contributed by atoms with Crippen molar-refractivity contribution < 1.29 is 0 Å². The van der Waals surface area contributed by atoms with E-state index in [1.807, 2.05) is 32.0 Å². The highest BCUT2D eigenvalue weighted by atomic mass is 35.5. The molecule has 3 nitrogen and oxygen atoms in total. The van der Waals surface area contributed by atoms with Crippen molar-refractivity contribution in [1.82, 2.24) is 9.88 Å². The van der Waals surface area contributed by atoms with E-state index in [4.69, 9.17) is 11.6 Å². The molecule has 0 amide bonds. The largest absolute Gasteiger partial charge is 0.358 e. The normalized spacial score (nSPS) is 11.3. The van der Waals surface area contributed by atoms with Crippen molar-refractivity contribution >= 4 is 22.5 Å². The van der Waals surface area contributed by atoms with E-state index in [1.165, 1.54) is 11.1 Å². The van der Waals surface area contributed by atoms with Crippen LogP contribution in [0.25, 0.3) is 10.9 Å². The Balaban J connectivity index is 1.72. The van der Waals surface area contributed by atoms with E-state index in [9.17, 15) is 4.79 Å². The van der Waals surface area contributed by atoms with Crippen LogP contribution in [0, 0.1) is 13.8 Å². The number of nitrogens with zero attached hydrogens (tertiary/aromatic N) is 1. The quantitative estimate of drug-likeness (QED) is 0.418. The molecule has 0 saturated carbocycles. The number of aromatic amines is 1. The third-order valence-electron chi connectivity index (χ3n) is 5.56. The van der Waals surface area contributed by atoms with Gasteiger partial charge in [-0.1, -0.05) is 72.3 Å². The van der Waals surface area contributed by atoms with E-state index >= 15 is 0 Å². The van der Waals surface area contributed by atoms with Gasteiger partial charge in [0.15, 0.2) is 5.43 Å². The van der Waals surface area contributed by atoms with Crippen molar-refractivity contribution in [2.75, 3.05) is 0 Å². The second-order valence-corrected chi connectivity index (χ2v) is 8.18. The summed E-state index contributed by atoms with van der Waals surface area (Å²) in [7, 11) is 0. The first-order chi connectivity index (χ1) is 14.5. The van der Waals surface area contributed by atoms with Crippen LogP contribution in [-0.2, 0) is 19.6 Å². The number of benzene rings is 3. The molecule has 3 aromatic carbocycles. The Morgan fingerprint density at radius 1 is 0.800 bits per heavy atom. The van der Waals surface area contributed by atoms with Gasteiger partial charge in [0.1, 0.15) is 0 Å². The van der Waals surface area contributed by atoms with Crippen LogP contribution in [0.2, 0.25) is 5.02 Å². The summed E-state index contributed by atoms with van der Waals surface area (Å²) in [5.74, 6) is 0. The third kappa shape index (κ3) is 4.33. The maximum atomic E-state index is 13.4. The van der Waals surface area contributed by atoms with E-state index in [0.29, 0.717) is 17.0 Å². The Morgan fingerprint density at radius 2 is 1.37 bits per heavy atom. The van der Waals surface area contributed by atoms with Gasteiger partial charge in [0.2, 0.25) is 0 Å². The molecule has 0 aliphatic rings. The van der Waals surface area contributed by atoms with Crippen LogP contribution in [0.5, 0.6) is 0 Å². The number of rotatable bonds is 6.